The molecule has 1 aromatic rings. The minimum atomic E-state index is -2.00. The van der Waals surface area contributed by atoms with E-state index in [2.05, 4.69) is 55.3 Å². The largest absolute Gasteiger partial charge is 0.414 e. The second-order valence-corrected chi connectivity index (χ2v) is 15.6. The molecule has 0 fully saturated rings. The van der Waals surface area contributed by atoms with Gasteiger partial charge in [-0.2, -0.15) is 5.48 Å². The molecule has 0 saturated heterocycles. The van der Waals surface area contributed by atoms with Crippen LogP contribution in [0.3, 0.4) is 0 Å². The summed E-state index contributed by atoms with van der Waals surface area (Å²) in [6.07, 6.45) is 0. The molecule has 0 radical (unpaired) electrons. The molecule has 1 amide bonds. The Kier molecular flexibility index (Phi) is 10.4. The lowest BCUT2D eigenvalue weighted by Gasteiger charge is -2.39. The highest BCUT2D eigenvalue weighted by molar-refractivity contribution is 9.09. The lowest BCUT2D eigenvalue weighted by molar-refractivity contribution is -0.161. The number of benzene rings is 1. The maximum Gasteiger partial charge on any atom is 0.329 e. The number of hydrogen-bond acceptors (Lipinski definition) is 5. The minimum Gasteiger partial charge on any atom is -0.414 e. The van der Waals surface area contributed by atoms with Gasteiger partial charge in [0.1, 0.15) is 0 Å². The normalized spacial score (nSPS) is 13.6. The lowest BCUT2D eigenvalue weighted by Crippen LogP contribution is -2.46. The number of halogens is 1. The molecular weight excluding hydrogens is 476 g/mol. The molecule has 0 aliphatic carbocycles. The van der Waals surface area contributed by atoms with Crippen LogP contribution in [0.1, 0.15) is 53.1 Å². The van der Waals surface area contributed by atoms with Gasteiger partial charge in [-0.25, -0.2) is 4.79 Å². The Morgan fingerprint density at radius 3 is 2.16 bits per heavy atom. The molecule has 6 nitrogen and oxygen atoms in total. The molecule has 0 aliphatic rings. The molecule has 0 bridgehead atoms. The van der Waals surface area contributed by atoms with E-state index >= 15 is 0 Å². The molecule has 0 aliphatic heterocycles. The SMILES string of the molecule is CC(C)(C)C(=O)ONCCN(C(=O)CBr)[C@@H](CO[Si](C)(C)C(C)(C)C)c1ccccc1. The lowest BCUT2D eigenvalue weighted by atomic mass is 9.98. The van der Waals surface area contributed by atoms with E-state index in [1.807, 2.05) is 30.3 Å². The van der Waals surface area contributed by atoms with Crippen LogP contribution in [-0.2, 0) is 18.9 Å². The Morgan fingerprint density at radius 2 is 1.68 bits per heavy atom. The number of nitrogens with one attached hydrogen (secondary N) is 1. The molecular formula is C23H39BrN2O4Si. The van der Waals surface area contributed by atoms with Crippen LogP contribution in [0.2, 0.25) is 18.1 Å². The first kappa shape index (κ1) is 27.8. The summed E-state index contributed by atoms with van der Waals surface area (Å²) in [7, 11) is -2.00. The van der Waals surface area contributed by atoms with Crippen molar-refractivity contribution in [3.05, 3.63) is 35.9 Å². The van der Waals surface area contributed by atoms with E-state index in [0.29, 0.717) is 19.7 Å². The Bertz CT molecular complexity index is 715. The van der Waals surface area contributed by atoms with Gasteiger partial charge in [-0.15, -0.1) is 0 Å². The molecule has 0 aromatic heterocycles. The summed E-state index contributed by atoms with van der Waals surface area (Å²) in [5.74, 6) is -0.386. The average Bonchev–Trinajstić information content (AvgIpc) is 2.67. The number of rotatable bonds is 10. The maximum absolute atomic E-state index is 12.8. The second kappa shape index (κ2) is 11.6. The Hall–Kier alpha value is -1.22. The molecule has 1 atom stereocenters. The van der Waals surface area contributed by atoms with Crippen molar-refractivity contribution in [1.82, 2.24) is 10.4 Å². The van der Waals surface area contributed by atoms with Crippen LogP contribution in [0.4, 0.5) is 0 Å². The Labute approximate surface area is 197 Å². The van der Waals surface area contributed by atoms with Crippen molar-refractivity contribution in [3.8, 4) is 0 Å². The van der Waals surface area contributed by atoms with Crippen molar-refractivity contribution < 1.29 is 18.9 Å². The smallest absolute Gasteiger partial charge is 0.329 e. The van der Waals surface area contributed by atoms with Crippen molar-refractivity contribution in [2.75, 3.05) is 25.0 Å². The molecule has 1 aromatic carbocycles. The number of hydrogen-bond donors (Lipinski definition) is 1. The summed E-state index contributed by atoms with van der Waals surface area (Å²) < 4.78 is 6.50. The summed E-state index contributed by atoms with van der Waals surface area (Å²) in [4.78, 5) is 31.7. The predicted octanol–water partition coefficient (Wildman–Crippen LogP) is 5.07. The van der Waals surface area contributed by atoms with Gasteiger partial charge in [0.15, 0.2) is 8.32 Å². The zero-order valence-electron chi connectivity index (χ0n) is 20.3. The highest BCUT2D eigenvalue weighted by Gasteiger charge is 2.38. The summed E-state index contributed by atoms with van der Waals surface area (Å²) in [6, 6.07) is 9.69. The fourth-order valence-corrected chi connectivity index (χ4v) is 3.84. The van der Waals surface area contributed by atoms with Gasteiger partial charge in [-0.1, -0.05) is 67.0 Å². The van der Waals surface area contributed by atoms with Crippen LogP contribution < -0.4 is 5.48 Å². The standard InChI is InChI=1S/C23H39BrN2O4Si/c1-22(2,3)21(28)30-25-14-15-26(20(27)16-24)19(18-12-10-9-11-13-18)17-29-31(7,8)23(4,5)6/h9-13,19,25H,14-17H2,1-8H3/t19-/m0/s1. The van der Waals surface area contributed by atoms with Gasteiger partial charge in [-0.3, -0.25) is 4.79 Å². The molecule has 8 heteroatoms. The van der Waals surface area contributed by atoms with Crippen molar-refractivity contribution in [2.45, 2.75) is 65.7 Å². The van der Waals surface area contributed by atoms with Gasteiger partial charge in [0.25, 0.3) is 0 Å². The third-order valence-corrected chi connectivity index (χ3v) is 10.6. The summed E-state index contributed by atoms with van der Waals surface area (Å²) in [5, 5.41) is 0.277. The summed E-state index contributed by atoms with van der Waals surface area (Å²) >= 11 is 3.31. The summed E-state index contributed by atoms with van der Waals surface area (Å²) in [5.41, 5.74) is 3.13. The van der Waals surface area contributed by atoms with E-state index in [1.54, 1.807) is 25.7 Å². The van der Waals surface area contributed by atoms with Gasteiger partial charge in [-0.05, 0) is 44.5 Å². The fraction of sp³-hybridized carbons (Fsp3) is 0.652. The van der Waals surface area contributed by atoms with Crippen LogP contribution in [0.25, 0.3) is 0 Å². The molecule has 0 saturated carbocycles. The van der Waals surface area contributed by atoms with Crippen LogP contribution in [0, 0.1) is 5.41 Å². The molecule has 0 unspecified atom stereocenters. The topological polar surface area (TPSA) is 67.9 Å². The quantitative estimate of drug-likeness (QED) is 0.204. The van der Waals surface area contributed by atoms with Crippen LogP contribution in [0.5, 0.6) is 0 Å². The Balaban J connectivity index is 3.00. The summed E-state index contributed by atoms with van der Waals surface area (Å²) in [6.45, 7) is 17.5. The van der Waals surface area contributed by atoms with E-state index in [0.717, 1.165) is 5.56 Å². The first-order valence-electron chi connectivity index (χ1n) is 10.7. The zero-order valence-corrected chi connectivity index (χ0v) is 22.8. The average molecular weight is 516 g/mol. The maximum atomic E-state index is 12.8. The van der Waals surface area contributed by atoms with Gasteiger partial charge >= 0.3 is 5.97 Å². The van der Waals surface area contributed by atoms with E-state index in [1.165, 1.54) is 0 Å². The van der Waals surface area contributed by atoms with E-state index < -0.39 is 13.7 Å². The third kappa shape index (κ3) is 8.67. The van der Waals surface area contributed by atoms with Gasteiger partial charge in [0, 0.05) is 13.1 Å². The van der Waals surface area contributed by atoms with Gasteiger partial charge in [0.05, 0.1) is 23.4 Å². The molecule has 0 spiro atoms. The van der Waals surface area contributed by atoms with E-state index in [9.17, 15) is 9.59 Å². The third-order valence-electron chi connectivity index (χ3n) is 5.64. The molecule has 1 N–H and O–H groups in total. The second-order valence-electron chi connectivity index (χ2n) is 10.3. The molecule has 1 rings (SSSR count). The minimum absolute atomic E-state index is 0.0448. The number of alkyl halides is 1. The number of carbonyl (C=O) groups excluding carboxylic acids is 2. The molecule has 0 heterocycles. The van der Waals surface area contributed by atoms with Crippen molar-refractivity contribution in [2.24, 2.45) is 5.41 Å². The van der Waals surface area contributed by atoms with Crippen LogP contribution in [-0.4, -0.2) is 50.1 Å². The van der Waals surface area contributed by atoms with Crippen molar-refractivity contribution in [3.63, 3.8) is 0 Å². The molecule has 176 valence electrons. The van der Waals surface area contributed by atoms with E-state index in [4.69, 9.17) is 9.26 Å². The fourth-order valence-electron chi connectivity index (χ4n) is 2.51. The first-order chi connectivity index (χ1) is 14.2. The Morgan fingerprint density at radius 1 is 1.10 bits per heavy atom. The van der Waals surface area contributed by atoms with Crippen LogP contribution in [0.15, 0.2) is 30.3 Å². The highest BCUT2D eigenvalue weighted by Crippen LogP contribution is 2.37. The number of amides is 1. The number of hydroxylamine groups is 1. The van der Waals surface area contributed by atoms with Gasteiger partial charge < -0.3 is 14.2 Å². The predicted molar refractivity (Wildman–Crippen MR) is 131 cm³/mol. The van der Waals surface area contributed by atoms with Crippen molar-refractivity contribution >= 4 is 36.1 Å². The van der Waals surface area contributed by atoms with Gasteiger partial charge in [0.2, 0.25) is 5.91 Å². The number of carbonyl (C=O) groups is 2. The number of nitrogens with zero attached hydrogens (tertiary/aromatic N) is 1. The monoisotopic (exact) mass is 514 g/mol. The molecule has 31 heavy (non-hydrogen) atoms. The van der Waals surface area contributed by atoms with E-state index in [-0.39, 0.29) is 28.3 Å². The first-order valence-corrected chi connectivity index (χ1v) is 14.7. The van der Waals surface area contributed by atoms with Crippen LogP contribution >= 0.6 is 15.9 Å². The van der Waals surface area contributed by atoms with Crippen molar-refractivity contribution in [1.29, 1.82) is 0 Å². The zero-order chi connectivity index (χ0) is 23.9. The highest BCUT2D eigenvalue weighted by atomic mass is 79.9.